The topological polar surface area (TPSA) is 72.8 Å². The smallest absolute Gasteiger partial charge is 0.178 e. The van der Waals surface area contributed by atoms with Gasteiger partial charge in [-0.1, -0.05) is 0 Å². The van der Waals surface area contributed by atoms with Crippen molar-refractivity contribution in [1.82, 2.24) is 25.3 Å². The Hall–Kier alpha value is -1.92. The van der Waals surface area contributed by atoms with Gasteiger partial charge in [-0.05, 0) is 6.07 Å². The second kappa shape index (κ2) is 6.73. The highest BCUT2D eigenvalue weighted by molar-refractivity contribution is 5.46. The van der Waals surface area contributed by atoms with Crippen molar-refractivity contribution in [3.05, 3.63) is 36.5 Å². The molecule has 6 heteroatoms. The Kier molecular flexibility index (Phi) is 4.68. The molecule has 94 valence electrons. The minimum Gasteiger partial charge on any atom is -0.383 e. The molecule has 0 aliphatic carbocycles. The number of rotatable bonds is 6. The number of aromatic nitrogens is 4. The first-order valence-corrected chi connectivity index (χ1v) is 5.67. The molecule has 2 heterocycles. The molecule has 0 aromatic carbocycles. The van der Waals surface area contributed by atoms with Crippen LogP contribution in [0, 0.1) is 0 Å². The maximum Gasteiger partial charge on any atom is 0.178 e. The number of methoxy groups -OCH3 is 1. The third kappa shape index (κ3) is 3.54. The number of ether oxygens (including phenoxy) is 1. The molecule has 0 fully saturated rings. The summed E-state index contributed by atoms with van der Waals surface area (Å²) in [4.78, 5) is 16.5. The Labute approximate surface area is 105 Å². The van der Waals surface area contributed by atoms with Crippen molar-refractivity contribution in [3.63, 3.8) is 0 Å². The van der Waals surface area contributed by atoms with E-state index in [1.165, 1.54) is 6.33 Å². The summed E-state index contributed by atoms with van der Waals surface area (Å²) in [6, 6.07) is 1.78. The molecule has 2 aromatic rings. The van der Waals surface area contributed by atoms with Gasteiger partial charge in [0.1, 0.15) is 12.0 Å². The molecule has 6 nitrogen and oxygen atoms in total. The Morgan fingerprint density at radius 3 is 2.72 bits per heavy atom. The van der Waals surface area contributed by atoms with E-state index in [9.17, 15) is 0 Å². The van der Waals surface area contributed by atoms with Gasteiger partial charge in [0.2, 0.25) is 0 Å². The zero-order chi connectivity index (χ0) is 12.6. The fourth-order valence-electron chi connectivity index (χ4n) is 1.41. The number of nitrogens with one attached hydrogen (secondary N) is 1. The monoisotopic (exact) mass is 245 g/mol. The van der Waals surface area contributed by atoms with E-state index in [1.807, 2.05) is 0 Å². The molecule has 2 rings (SSSR count). The van der Waals surface area contributed by atoms with Crippen LogP contribution < -0.4 is 5.32 Å². The lowest BCUT2D eigenvalue weighted by Gasteiger charge is -2.04. The molecule has 0 aliphatic rings. The predicted octanol–water partition coefficient (Wildman–Crippen LogP) is 0.670. The minimum absolute atomic E-state index is 0.609. The van der Waals surface area contributed by atoms with Gasteiger partial charge >= 0.3 is 0 Å². The Morgan fingerprint density at radius 1 is 1.22 bits per heavy atom. The van der Waals surface area contributed by atoms with Crippen molar-refractivity contribution >= 4 is 0 Å². The van der Waals surface area contributed by atoms with Gasteiger partial charge in [0.25, 0.3) is 0 Å². The SMILES string of the molecule is COCCNCc1cnc(-c2ccncn2)nc1. The third-order valence-electron chi connectivity index (χ3n) is 2.33. The normalized spacial score (nSPS) is 10.5. The second-order valence-electron chi connectivity index (χ2n) is 3.68. The number of nitrogens with zero attached hydrogens (tertiary/aromatic N) is 4. The highest BCUT2D eigenvalue weighted by Gasteiger charge is 2.01. The summed E-state index contributed by atoms with van der Waals surface area (Å²) in [6.45, 7) is 2.23. The maximum atomic E-state index is 4.95. The van der Waals surface area contributed by atoms with E-state index in [0.29, 0.717) is 12.4 Å². The first-order valence-electron chi connectivity index (χ1n) is 5.67. The average Bonchev–Trinajstić information content (AvgIpc) is 2.45. The zero-order valence-corrected chi connectivity index (χ0v) is 10.2. The maximum absolute atomic E-state index is 4.95. The number of hydrogen-bond acceptors (Lipinski definition) is 6. The fourth-order valence-corrected chi connectivity index (χ4v) is 1.41. The fraction of sp³-hybridized carbons (Fsp3) is 0.333. The Morgan fingerprint density at radius 2 is 2.06 bits per heavy atom. The summed E-state index contributed by atoms with van der Waals surface area (Å²) in [6.07, 6.45) is 6.75. The summed E-state index contributed by atoms with van der Waals surface area (Å²) in [5, 5.41) is 3.23. The molecule has 0 amide bonds. The van der Waals surface area contributed by atoms with E-state index in [4.69, 9.17) is 4.74 Å². The summed E-state index contributed by atoms with van der Waals surface area (Å²) in [5.74, 6) is 0.609. The van der Waals surface area contributed by atoms with Crippen LogP contribution in [0.25, 0.3) is 11.5 Å². The van der Waals surface area contributed by atoms with E-state index in [-0.39, 0.29) is 0 Å². The molecule has 0 radical (unpaired) electrons. The molecule has 2 aromatic heterocycles. The van der Waals surface area contributed by atoms with Crippen LogP contribution in [0.1, 0.15) is 5.56 Å². The zero-order valence-electron chi connectivity index (χ0n) is 10.2. The molecule has 18 heavy (non-hydrogen) atoms. The van der Waals surface area contributed by atoms with Gasteiger partial charge in [0, 0.05) is 44.4 Å². The molecule has 0 saturated heterocycles. The van der Waals surface area contributed by atoms with E-state index in [0.717, 1.165) is 24.3 Å². The van der Waals surface area contributed by atoms with Crippen LogP contribution >= 0.6 is 0 Å². The van der Waals surface area contributed by atoms with Gasteiger partial charge in [-0.25, -0.2) is 19.9 Å². The minimum atomic E-state index is 0.609. The van der Waals surface area contributed by atoms with Gasteiger partial charge in [-0.3, -0.25) is 0 Å². The first kappa shape index (κ1) is 12.5. The lowest BCUT2D eigenvalue weighted by atomic mass is 10.3. The van der Waals surface area contributed by atoms with Gasteiger partial charge in [-0.15, -0.1) is 0 Å². The van der Waals surface area contributed by atoms with Crippen LogP contribution in [0.4, 0.5) is 0 Å². The van der Waals surface area contributed by atoms with Gasteiger partial charge in [-0.2, -0.15) is 0 Å². The van der Waals surface area contributed by atoms with Crippen molar-refractivity contribution in [1.29, 1.82) is 0 Å². The van der Waals surface area contributed by atoms with Crippen LogP contribution in [-0.2, 0) is 11.3 Å². The van der Waals surface area contributed by atoms with E-state index in [1.54, 1.807) is 31.8 Å². The Balaban J connectivity index is 1.94. The van der Waals surface area contributed by atoms with Crippen molar-refractivity contribution < 1.29 is 4.74 Å². The van der Waals surface area contributed by atoms with Crippen LogP contribution in [-0.4, -0.2) is 40.2 Å². The highest BCUT2D eigenvalue weighted by Crippen LogP contribution is 2.08. The molecular weight excluding hydrogens is 230 g/mol. The lowest BCUT2D eigenvalue weighted by molar-refractivity contribution is 0.199. The van der Waals surface area contributed by atoms with Crippen LogP contribution in [0.15, 0.2) is 31.0 Å². The molecule has 0 bridgehead atoms. The van der Waals surface area contributed by atoms with Crippen molar-refractivity contribution in [3.8, 4) is 11.5 Å². The summed E-state index contributed by atoms with van der Waals surface area (Å²) < 4.78 is 4.95. The van der Waals surface area contributed by atoms with Crippen molar-refractivity contribution in [2.24, 2.45) is 0 Å². The molecule has 0 aliphatic heterocycles. The third-order valence-corrected chi connectivity index (χ3v) is 2.33. The van der Waals surface area contributed by atoms with Crippen LogP contribution in [0.5, 0.6) is 0 Å². The lowest BCUT2D eigenvalue weighted by Crippen LogP contribution is -2.18. The summed E-state index contributed by atoms with van der Waals surface area (Å²) in [5.41, 5.74) is 1.76. The number of hydrogen-bond donors (Lipinski definition) is 1. The quantitative estimate of drug-likeness (QED) is 0.754. The summed E-state index contributed by atoms with van der Waals surface area (Å²) >= 11 is 0. The van der Waals surface area contributed by atoms with E-state index < -0.39 is 0 Å². The van der Waals surface area contributed by atoms with Gasteiger partial charge in [0.05, 0.1) is 6.61 Å². The molecule has 1 N–H and O–H groups in total. The average molecular weight is 245 g/mol. The van der Waals surface area contributed by atoms with Crippen molar-refractivity contribution in [2.75, 3.05) is 20.3 Å². The largest absolute Gasteiger partial charge is 0.383 e. The van der Waals surface area contributed by atoms with E-state index >= 15 is 0 Å². The van der Waals surface area contributed by atoms with Crippen LogP contribution in [0.2, 0.25) is 0 Å². The molecule has 0 atom stereocenters. The van der Waals surface area contributed by atoms with Crippen molar-refractivity contribution in [2.45, 2.75) is 6.54 Å². The Bertz CT molecular complexity index is 460. The van der Waals surface area contributed by atoms with Gasteiger partial charge in [0.15, 0.2) is 5.82 Å². The molecule has 0 unspecified atom stereocenters. The standard InChI is InChI=1S/C12H15N5O/c1-18-5-4-13-6-10-7-15-12(16-8-10)11-2-3-14-9-17-11/h2-3,7-9,13H,4-6H2,1H3. The molecule has 0 saturated carbocycles. The highest BCUT2D eigenvalue weighted by atomic mass is 16.5. The predicted molar refractivity (Wildman–Crippen MR) is 66.6 cm³/mol. The second-order valence-corrected chi connectivity index (χ2v) is 3.68. The van der Waals surface area contributed by atoms with Gasteiger partial charge < -0.3 is 10.1 Å². The molecule has 0 spiro atoms. The van der Waals surface area contributed by atoms with E-state index in [2.05, 4.69) is 25.3 Å². The molecular formula is C12H15N5O. The summed E-state index contributed by atoms with van der Waals surface area (Å²) in [7, 11) is 1.68. The first-order chi connectivity index (χ1) is 8.90. The van der Waals surface area contributed by atoms with Crippen LogP contribution in [0.3, 0.4) is 0 Å².